The zero-order valence-electron chi connectivity index (χ0n) is 10.5. The standard InChI is InChI=1S/C14H20ClNO/c1-3-11(2)7-14(17)16-10-13-6-4-5-12(8-13)9-15/h4-6,8,11H,3,7,9-10H2,1-2H3,(H,16,17). The zero-order valence-corrected chi connectivity index (χ0v) is 11.3. The number of hydrogen-bond acceptors (Lipinski definition) is 1. The second-order valence-electron chi connectivity index (χ2n) is 4.45. The van der Waals surface area contributed by atoms with Crippen LogP contribution in [0.3, 0.4) is 0 Å². The van der Waals surface area contributed by atoms with Gasteiger partial charge in [0.05, 0.1) is 0 Å². The summed E-state index contributed by atoms with van der Waals surface area (Å²) in [6.07, 6.45) is 1.64. The Morgan fingerprint density at radius 1 is 1.41 bits per heavy atom. The number of rotatable bonds is 6. The van der Waals surface area contributed by atoms with E-state index in [1.807, 2.05) is 24.3 Å². The molecule has 0 saturated carbocycles. The summed E-state index contributed by atoms with van der Waals surface area (Å²) < 4.78 is 0. The van der Waals surface area contributed by atoms with Gasteiger partial charge in [-0.2, -0.15) is 0 Å². The van der Waals surface area contributed by atoms with Crippen molar-refractivity contribution in [2.45, 2.75) is 39.1 Å². The third kappa shape index (κ3) is 5.22. The zero-order chi connectivity index (χ0) is 12.7. The highest BCUT2D eigenvalue weighted by molar-refractivity contribution is 6.17. The molecule has 94 valence electrons. The average Bonchev–Trinajstić information content (AvgIpc) is 2.36. The molecule has 1 N–H and O–H groups in total. The van der Waals surface area contributed by atoms with Crippen molar-refractivity contribution in [1.82, 2.24) is 5.32 Å². The molecular weight excluding hydrogens is 234 g/mol. The largest absolute Gasteiger partial charge is 0.352 e. The van der Waals surface area contributed by atoms with Crippen LogP contribution in [0, 0.1) is 5.92 Å². The van der Waals surface area contributed by atoms with Crippen LogP contribution in [-0.2, 0) is 17.2 Å². The van der Waals surface area contributed by atoms with Crippen LogP contribution in [0.15, 0.2) is 24.3 Å². The maximum atomic E-state index is 11.6. The van der Waals surface area contributed by atoms with Crippen LogP contribution in [0.5, 0.6) is 0 Å². The van der Waals surface area contributed by atoms with Gasteiger partial charge in [-0.15, -0.1) is 11.6 Å². The minimum absolute atomic E-state index is 0.121. The molecule has 1 atom stereocenters. The van der Waals surface area contributed by atoms with E-state index in [0.717, 1.165) is 17.5 Å². The van der Waals surface area contributed by atoms with Crippen molar-refractivity contribution < 1.29 is 4.79 Å². The van der Waals surface area contributed by atoms with Crippen LogP contribution in [0.1, 0.15) is 37.8 Å². The normalized spacial score (nSPS) is 12.2. The van der Waals surface area contributed by atoms with Gasteiger partial charge in [0.25, 0.3) is 0 Å². The molecule has 0 aromatic heterocycles. The van der Waals surface area contributed by atoms with Crippen molar-refractivity contribution in [1.29, 1.82) is 0 Å². The Morgan fingerprint density at radius 2 is 2.12 bits per heavy atom. The monoisotopic (exact) mass is 253 g/mol. The van der Waals surface area contributed by atoms with Crippen molar-refractivity contribution >= 4 is 17.5 Å². The molecule has 0 aliphatic carbocycles. The van der Waals surface area contributed by atoms with Crippen LogP contribution >= 0.6 is 11.6 Å². The molecule has 1 rings (SSSR count). The first-order chi connectivity index (χ1) is 8.15. The van der Waals surface area contributed by atoms with E-state index >= 15 is 0 Å². The Morgan fingerprint density at radius 3 is 2.76 bits per heavy atom. The van der Waals surface area contributed by atoms with Crippen molar-refractivity contribution in [2.75, 3.05) is 0 Å². The van der Waals surface area contributed by atoms with Gasteiger partial charge in [0.15, 0.2) is 0 Å². The molecule has 0 spiro atoms. The minimum Gasteiger partial charge on any atom is -0.352 e. The molecular formula is C14H20ClNO. The van der Waals surface area contributed by atoms with Gasteiger partial charge < -0.3 is 5.32 Å². The van der Waals surface area contributed by atoms with E-state index in [2.05, 4.69) is 19.2 Å². The Bertz CT molecular complexity index is 365. The van der Waals surface area contributed by atoms with Crippen LogP contribution in [0.2, 0.25) is 0 Å². The first-order valence-electron chi connectivity index (χ1n) is 6.06. The molecule has 1 aromatic carbocycles. The fourth-order valence-electron chi connectivity index (χ4n) is 1.56. The van der Waals surface area contributed by atoms with E-state index in [1.54, 1.807) is 0 Å². The van der Waals surface area contributed by atoms with E-state index in [0.29, 0.717) is 24.8 Å². The Balaban J connectivity index is 2.41. The van der Waals surface area contributed by atoms with Gasteiger partial charge in [-0.25, -0.2) is 0 Å². The predicted octanol–water partition coefficient (Wildman–Crippen LogP) is 3.48. The molecule has 17 heavy (non-hydrogen) atoms. The summed E-state index contributed by atoms with van der Waals surface area (Å²) in [5.41, 5.74) is 2.18. The summed E-state index contributed by atoms with van der Waals surface area (Å²) in [4.78, 5) is 11.6. The highest BCUT2D eigenvalue weighted by Crippen LogP contribution is 2.09. The molecule has 2 nitrogen and oxygen atoms in total. The number of benzene rings is 1. The lowest BCUT2D eigenvalue weighted by atomic mass is 10.0. The highest BCUT2D eigenvalue weighted by atomic mass is 35.5. The molecule has 0 aliphatic rings. The molecule has 1 aromatic rings. The fourth-order valence-corrected chi connectivity index (χ4v) is 1.72. The first-order valence-corrected chi connectivity index (χ1v) is 6.59. The average molecular weight is 254 g/mol. The van der Waals surface area contributed by atoms with Gasteiger partial charge in [0.2, 0.25) is 5.91 Å². The van der Waals surface area contributed by atoms with Gasteiger partial charge in [0, 0.05) is 18.8 Å². The van der Waals surface area contributed by atoms with Crippen LogP contribution in [-0.4, -0.2) is 5.91 Å². The van der Waals surface area contributed by atoms with Gasteiger partial charge in [-0.3, -0.25) is 4.79 Å². The van der Waals surface area contributed by atoms with Gasteiger partial charge in [-0.05, 0) is 17.0 Å². The Labute approximate surface area is 108 Å². The summed E-state index contributed by atoms with van der Waals surface area (Å²) in [6.45, 7) is 4.77. The van der Waals surface area contributed by atoms with Crippen molar-refractivity contribution in [2.24, 2.45) is 5.92 Å². The number of carbonyl (C=O) groups is 1. The van der Waals surface area contributed by atoms with Gasteiger partial charge in [-0.1, -0.05) is 44.5 Å². The van der Waals surface area contributed by atoms with Gasteiger partial charge in [0.1, 0.15) is 0 Å². The number of carbonyl (C=O) groups excluding carboxylic acids is 1. The lowest BCUT2D eigenvalue weighted by molar-refractivity contribution is -0.122. The summed E-state index contributed by atoms with van der Waals surface area (Å²) in [5, 5.41) is 2.93. The molecule has 0 heterocycles. The van der Waals surface area contributed by atoms with Crippen molar-refractivity contribution in [3.8, 4) is 0 Å². The molecule has 0 aliphatic heterocycles. The number of nitrogens with one attached hydrogen (secondary N) is 1. The smallest absolute Gasteiger partial charge is 0.220 e. The molecule has 1 amide bonds. The Hall–Kier alpha value is -1.02. The number of halogens is 1. The van der Waals surface area contributed by atoms with E-state index in [4.69, 9.17) is 11.6 Å². The van der Waals surface area contributed by atoms with Crippen molar-refractivity contribution in [3.05, 3.63) is 35.4 Å². The molecule has 3 heteroatoms. The van der Waals surface area contributed by atoms with E-state index < -0.39 is 0 Å². The predicted molar refractivity (Wildman–Crippen MR) is 71.9 cm³/mol. The number of alkyl halides is 1. The SMILES string of the molecule is CCC(C)CC(=O)NCc1cccc(CCl)c1. The molecule has 0 radical (unpaired) electrons. The minimum atomic E-state index is 0.121. The van der Waals surface area contributed by atoms with Crippen LogP contribution in [0.25, 0.3) is 0 Å². The summed E-state index contributed by atoms with van der Waals surface area (Å²) in [6, 6.07) is 7.97. The first kappa shape index (κ1) is 14.0. The topological polar surface area (TPSA) is 29.1 Å². The van der Waals surface area contributed by atoms with E-state index in [-0.39, 0.29) is 5.91 Å². The van der Waals surface area contributed by atoms with E-state index in [1.165, 1.54) is 0 Å². The third-order valence-electron chi connectivity index (χ3n) is 2.87. The van der Waals surface area contributed by atoms with Crippen LogP contribution < -0.4 is 5.32 Å². The summed E-state index contributed by atoms with van der Waals surface area (Å²) >= 11 is 5.76. The number of amides is 1. The highest BCUT2D eigenvalue weighted by Gasteiger charge is 2.06. The van der Waals surface area contributed by atoms with Crippen LogP contribution in [0.4, 0.5) is 0 Å². The third-order valence-corrected chi connectivity index (χ3v) is 3.17. The molecule has 1 unspecified atom stereocenters. The van der Waals surface area contributed by atoms with Crippen molar-refractivity contribution in [3.63, 3.8) is 0 Å². The summed E-state index contributed by atoms with van der Waals surface area (Å²) in [7, 11) is 0. The maximum absolute atomic E-state index is 11.6. The molecule has 0 fully saturated rings. The Kier molecular flexibility index (Phi) is 6.06. The maximum Gasteiger partial charge on any atom is 0.220 e. The second kappa shape index (κ2) is 7.33. The van der Waals surface area contributed by atoms with E-state index in [9.17, 15) is 4.79 Å². The number of hydrogen-bond donors (Lipinski definition) is 1. The quantitative estimate of drug-likeness (QED) is 0.773. The molecule has 0 bridgehead atoms. The lowest BCUT2D eigenvalue weighted by Crippen LogP contribution is -2.24. The second-order valence-corrected chi connectivity index (χ2v) is 4.72. The lowest BCUT2D eigenvalue weighted by Gasteiger charge is -2.09. The fraction of sp³-hybridized carbons (Fsp3) is 0.500. The van der Waals surface area contributed by atoms with Gasteiger partial charge >= 0.3 is 0 Å². The summed E-state index contributed by atoms with van der Waals surface area (Å²) in [5.74, 6) is 1.08. The molecule has 0 saturated heterocycles.